The van der Waals surface area contributed by atoms with Crippen LogP contribution in [0.1, 0.15) is 15.9 Å². The fourth-order valence-electron chi connectivity index (χ4n) is 2.31. The van der Waals surface area contributed by atoms with Gasteiger partial charge in [-0.15, -0.1) is 6.42 Å². The van der Waals surface area contributed by atoms with Crippen LogP contribution < -0.4 is 10.2 Å². The van der Waals surface area contributed by atoms with Crippen LogP contribution in [-0.4, -0.2) is 25.2 Å². The third kappa shape index (κ3) is 3.16. The third-order valence-electron chi connectivity index (χ3n) is 3.49. The van der Waals surface area contributed by atoms with E-state index in [2.05, 4.69) is 11.2 Å². The van der Waals surface area contributed by atoms with Crippen LogP contribution in [0.2, 0.25) is 0 Å². The lowest BCUT2D eigenvalue weighted by Crippen LogP contribution is -2.23. The Kier molecular flexibility index (Phi) is 3.98. The molecule has 0 bridgehead atoms. The zero-order valence-corrected chi connectivity index (χ0v) is 12.3. The Bertz CT molecular complexity index is 791. The molecule has 23 heavy (non-hydrogen) atoms. The molecule has 0 radical (unpaired) electrons. The molecule has 0 unspecified atom stereocenters. The van der Waals surface area contributed by atoms with Crippen LogP contribution >= 0.6 is 0 Å². The monoisotopic (exact) mass is 306 g/mol. The topological polar surface area (TPSA) is 58.6 Å². The van der Waals surface area contributed by atoms with Crippen molar-refractivity contribution in [2.75, 3.05) is 23.4 Å². The molecular weight excluding hydrogens is 292 g/mol. The Morgan fingerprint density at radius 2 is 2.00 bits per heavy atom. The van der Waals surface area contributed by atoms with Crippen molar-refractivity contribution in [3.63, 3.8) is 0 Å². The number of benzene rings is 2. The summed E-state index contributed by atoms with van der Waals surface area (Å²) in [4.78, 5) is 25.3. The molecule has 5 nitrogen and oxygen atoms in total. The van der Waals surface area contributed by atoms with Gasteiger partial charge >= 0.3 is 6.09 Å². The number of carbonyl (C=O) groups is 2. The van der Waals surface area contributed by atoms with E-state index >= 15 is 0 Å². The van der Waals surface area contributed by atoms with Gasteiger partial charge in [0.15, 0.2) is 0 Å². The number of rotatable bonds is 3. The van der Waals surface area contributed by atoms with Gasteiger partial charge in [-0.05, 0) is 42.5 Å². The molecule has 0 aliphatic carbocycles. The van der Waals surface area contributed by atoms with Crippen LogP contribution in [-0.2, 0) is 4.74 Å². The number of terminal acetylenes is 1. The van der Waals surface area contributed by atoms with Gasteiger partial charge in [-0.2, -0.15) is 0 Å². The molecule has 2 aromatic rings. The standard InChI is InChI=1S/C18H14N2O3/c1-2-13-4-3-5-15(12-13)19-17(21)14-6-8-16(9-7-14)20-10-11-23-18(20)22/h1,3-9,12H,10-11H2,(H,19,21). The highest BCUT2D eigenvalue weighted by atomic mass is 16.6. The molecule has 0 aromatic heterocycles. The van der Waals surface area contributed by atoms with Gasteiger partial charge in [0.2, 0.25) is 0 Å². The van der Waals surface area contributed by atoms with Crippen molar-refractivity contribution < 1.29 is 14.3 Å². The second-order valence-electron chi connectivity index (χ2n) is 4.99. The Balaban J connectivity index is 1.72. The van der Waals surface area contributed by atoms with Crippen molar-refractivity contribution in [3.05, 3.63) is 59.7 Å². The van der Waals surface area contributed by atoms with Crippen molar-refractivity contribution in [3.8, 4) is 12.3 Å². The summed E-state index contributed by atoms with van der Waals surface area (Å²) in [6.45, 7) is 0.899. The fraction of sp³-hybridized carbons (Fsp3) is 0.111. The maximum absolute atomic E-state index is 12.2. The second kappa shape index (κ2) is 6.24. The summed E-state index contributed by atoms with van der Waals surface area (Å²) in [6.07, 6.45) is 4.98. The Labute approximate surface area is 133 Å². The Hall–Kier alpha value is -3.26. The lowest BCUT2D eigenvalue weighted by atomic mass is 10.1. The molecule has 2 amide bonds. The van der Waals surface area contributed by atoms with Crippen molar-refractivity contribution in [1.82, 2.24) is 0 Å². The third-order valence-corrected chi connectivity index (χ3v) is 3.49. The first-order chi connectivity index (χ1) is 11.2. The van der Waals surface area contributed by atoms with E-state index in [1.54, 1.807) is 48.5 Å². The summed E-state index contributed by atoms with van der Waals surface area (Å²) in [5.74, 6) is 2.28. The lowest BCUT2D eigenvalue weighted by Gasteiger charge is -2.13. The summed E-state index contributed by atoms with van der Waals surface area (Å²) >= 11 is 0. The van der Waals surface area contributed by atoms with Gasteiger partial charge in [0.05, 0.1) is 6.54 Å². The number of carbonyl (C=O) groups excluding carboxylic acids is 2. The van der Waals surface area contributed by atoms with Crippen LogP contribution in [0.4, 0.5) is 16.2 Å². The molecule has 1 heterocycles. The van der Waals surface area contributed by atoms with Crippen molar-refractivity contribution in [2.45, 2.75) is 0 Å². The van der Waals surface area contributed by atoms with Gasteiger partial charge in [-0.25, -0.2) is 4.79 Å². The number of amides is 2. The predicted molar refractivity (Wildman–Crippen MR) is 87.5 cm³/mol. The zero-order valence-electron chi connectivity index (χ0n) is 12.3. The minimum atomic E-state index is -0.367. The molecule has 1 fully saturated rings. The van der Waals surface area contributed by atoms with E-state index in [9.17, 15) is 9.59 Å². The number of nitrogens with zero attached hydrogens (tertiary/aromatic N) is 1. The van der Waals surface area contributed by atoms with E-state index in [1.807, 2.05) is 0 Å². The van der Waals surface area contributed by atoms with Gasteiger partial charge < -0.3 is 10.1 Å². The maximum Gasteiger partial charge on any atom is 0.414 e. The number of ether oxygens (including phenoxy) is 1. The highest BCUT2D eigenvalue weighted by Gasteiger charge is 2.23. The van der Waals surface area contributed by atoms with Gasteiger partial charge in [0.25, 0.3) is 5.91 Å². The average molecular weight is 306 g/mol. The number of anilines is 2. The summed E-state index contributed by atoms with van der Waals surface area (Å²) in [6, 6.07) is 13.9. The molecule has 0 saturated carbocycles. The molecule has 1 aliphatic heterocycles. The molecule has 0 spiro atoms. The summed E-state index contributed by atoms with van der Waals surface area (Å²) in [5, 5.41) is 2.79. The van der Waals surface area contributed by atoms with E-state index in [0.29, 0.717) is 35.7 Å². The first-order valence-electron chi connectivity index (χ1n) is 7.10. The van der Waals surface area contributed by atoms with Crippen molar-refractivity contribution in [1.29, 1.82) is 0 Å². The minimum absolute atomic E-state index is 0.241. The summed E-state index contributed by atoms with van der Waals surface area (Å²) < 4.78 is 4.89. The highest BCUT2D eigenvalue weighted by Crippen LogP contribution is 2.20. The van der Waals surface area contributed by atoms with E-state index < -0.39 is 0 Å². The molecule has 3 rings (SSSR count). The first-order valence-corrected chi connectivity index (χ1v) is 7.10. The predicted octanol–water partition coefficient (Wildman–Crippen LogP) is 2.88. The van der Waals surface area contributed by atoms with Crippen LogP contribution in [0.25, 0.3) is 0 Å². The Morgan fingerprint density at radius 1 is 1.22 bits per heavy atom. The largest absolute Gasteiger partial charge is 0.447 e. The quantitative estimate of drug-likeness (QED) is 0.887. The molecule has 0 atom stereocenters. The zero-order chi connectivity index (χ0) is 16.2. The molecule has 1 N–H and O–H groups in total. The molecule has 2 aromatic carbocycles. The van der Waals surface area contributed by atoms with Crippen LogP contribution in [0.15, 0.2) is 48.5 Å². The number of hydrogen-bond acceptors (Lipinski definition) is 3. The van der Waals surface area contributed by atoms with E-state index in [4.69, 9.17) is 11.2 Å². The number of nitrogens with one attached hydrogen (secondary N) is 1. The SMILES string of the molecule is C#Cc1cccc(NC(=O)c2ccc(N3CCOC3=O)cc2)c1. The second-order valence-corrected chi connectivity index (χ2v) is 4.99. The maximum atomic E-state index is 12.2. The Morgan fingerprint density at radius 3 is 2.65 bits per heavy atom. The van der Waals surface area contributed by atoms with Crippen molar-refractivity contribution >= 4 is 23.4 Å². The van der Waals surface area contributed by atoms with Gasteiger partial charge in [0, 0.05) is 22.5 Å². The fourth-order valence-corrected chi connectivity index (χ4v) is 2.31. The first kappa shape index (κ1) is 14.7. The summed E-state index contributed by atoms with van der Waals surface area (Å²) in [5.41, 5.74) is 2.54. The summed E-state index contributed by atoms with van der Waals surface area (Å²) in [7, 11) is 0. The minimum Gasteiger partial charge on any atom is -0.447 e. The number of cyclic esters (lactones) is 1. The molecule has 1 saturated heterocycles. The molecule has 5 heteroatoms. The normalized spacial score (nSPS) is 13.3. The molecular formula is C18H14N2O3. The van der Waals surface area contributed by atoms with Gasteiger partial charge in [-0.3, -0.25) is 9.69 Å². The average Bonchev–Trinajstić information content (AvgIpc) is 3.01. The van der Waals surface area contributed by atoms with Crippen LogP contribution in [0.3, 0.4) is 0 Å². The lowest BCUT2D eigenvalue weighted by molar-refractivity contribution is 0.102. The van der Waals surface area contributed by atoms with Crippen LogP contribution in [0, 0.1) is 12.3 Å². The smallest absolute Gasteiger partial charge is 0.414 e. The van der Waals surface area contributed by atoms with Gasteiger partial charge in [-0.1, -0.05) is 12.0 Å². The van der Waals surface area contributed by atoms with Crippen molar-refractivity contribution in [2.24, 2.45) is 0 Å². The molecule has 1 aliphatic rings. The number of hydrogen-bond donors (Lipinski definition) is 1. The van der Waals surface area contributed by atoms with E-state index in [-0.39, 0.29) is 12.0 Å². The van der Waals surface area contributed by atoms with Gasteiger partial charge in [0.1, 0.15) is 6.61 Å². The highest BCUT2D eigenvalue weighted by molar-refractivity contribution is 6.04. The van der Waals surface area contributed by atoms with Crippen LogP contribution in [0.5, 0.6) is 0 Å². The molecule has 114 valence electrons. The van der Waals surface area contributed by atoms with E-state index in [0.717, 1.165) is 0 Å². The van der Waals surface area contributed by atoms with E-state index in [1.165, 1.54) is 4.90 Å².